The zero-order chi connectivity index (χ0) is 23.6. The van der Waals surface area contributed by atoms with Crippen LogP contribution in [-0.4, -0.2) is 28.8 Å². The summed E-state index contributed by atoms with van der Waals surface area (Å²) in [4.78, 5) is 35.1. The van der Waals surface area contributed by atoms with Crippen molar-refractivity contribution >= 4 is 28.7 Å². The molecule has 12 heteroatoms. The number of carbonyl (C=O) groups excluding carboxylic acids is 1. The van der Waals surface area contributed by atoms with Gasteiger partial charge >= 0.3 is 6.18 Å². The molecule has 9 nitrogen and oxygen atoms in total. The molecule has 2 aromatic rings. The molecule has 2 aromatic carbocycles. The van der Waals surface area contributed by atoms with Gasteiger partial charge in [0.2, 0.25) is 5.91 Å². The third-order valence-electron chi connectivity index (χ3n) is 5.40. The van der Waals surface area contributed by atoms with Crippen LogP contribution in [0.5, 0.6) is 0 Å². The van der Waals surface area contributed by atoms with Crippen LogP contribution >= 0.6 is 0 Å². The van der Waals surface area contributed by atoms with Crippen LogP contribution in [-0.2, 0) is 11.0 Å². The summed E-state index contributed by atoms with van der Waals surface area (Å²) in [5, 5.41) is 25.0. The van der Waals surface area contributed by atoms with Crippen molar-refractivity contribution in [3.8, 4) is 0 Å². The second-order valence-corrected chi connectivity index (χ2v) is 7.47. The standard InChI is InChI=1S/C20H19F3N4O5/c1-12-2-4-15(26(29)30)11-16(12)24-19(28)13-6-8-25(9-7-13)17-5-3-14(20(21,22)23)10-18(17)27(31)32/h2-5,10-11,13H,6-9H2,1H3,(H,24,28). The van der Waals surface area contributed by atoms with Gasteiger partial charge in [0.05, 0.1) is 21.1 Å². The van der Waals surface area contributed by atoms with Gasteiger partial charge in [-0.15, -0.1) is 0 Å². The molecule has 0 aliphatic carbocycles. The first-order valence-corrected chi connectivity index (χ1v) is 9.64. The largest absolute Gasteiger partial charge is 0.416 e. The minimum absolute atomic E-state index is 0.0661. The van der Waals surface area contributed by atoms with E-state index in [1.807, 2.05) is 0 Å². The Labute approximate surface area is 180 Å². The predicted octanol–water partition coefficient (Wildman–Crippen LogP) is 4.69. The van der Waals surface area contributed by atoms with Gasteiger partial charge in [-0.25, -0.2) is 0 Å². The Morgan fingerprint density at radius 1 is 1.06 bits per heavy atom. The van der Waals surface area contributed by atoms with Crippen LogP contribution in [0.15, 0.2) is 36.4 Å². The van der Waals surface area contributed by atoms with Crippen LogP contribution in [0.3, 0.4) is 0 Å². The SMILES string of the molecule is Cc1ccc([N+](=O)[O-])cc1NC(=O)C1CCN(c2ccc(C(F)(F)F)cc2[N+](=O)[O-])CC1. The monoisotopic (exact) mass is 452 g/mol. The average Bonchev–Trinajstić information content (AvgIpc) is 2.74. The summed E-state index contributed by atoms with van der Waals surface area (Å²) in [5.74, 6) is -0.784. The molecule has 32 heavy (non-hydrogen) atoms. The zero-order valence-corrected chi connectivity index (χ0v) is 16.9. The average molecular weight is 452 g/mol. The topological polar surface area (TPSA) is 119 Å². The van der Waals surface area contributed by atoms with Gasteiger partial charge in [0.25, 0.3) is 11.4 Å². The highest BCUT2D eigenvalue weighted by Gasteiger charge is 2.35. The first kappa shape index (κ1) is 23.0. The van der Waals surface area contributed by atoms with Gasteiger partial charge in [-0.1, -0.05) is 6.07 Å². The summed E-state index contributed by atoms with van der Waals surface area (Å²) < 4.78 is 38.7. The van der Waals surface area contributed by atoms with Crippen molar-refractivity contribution in [2.75, 3.05) is 23.3 Å². The highest BCUT2D eigenvalue weighted by Crippen LogP contribution is 2.38. The number of hydrogen-bond acceptors (Lipinski definition) is 6. The van der Waals surface area contributed by atoms with Gasteiger partial charge in [-0.3, -0.25) is 25.0 Å². The molecule has 0 saturated carbocycles. The third kappa shape index (κ3) is 4.95. The molecule has 1 saturated heterocycles. The Morgan fingerprint density at radius 3 is 2.28 bits per heavy atom. The molecule has 1 fully saturated rings. The first-order chi connectivity index (χ1) is 15.0. The molecule has 1 amide bonds. The number of nitro benzene ring substituents is 2. The number of nitrogens with zero attached hydrogens (tertiary/aromatic N) is 3. The van der Waals surface area contributed by atoms with E-state index < -0.39 is 33.2 Å². The molecule has 3 rings (SSSR count). The number of halogens is 3. The number of rotatable bonds is 5. The maximum absolute atomic E-state index is 12.9. The fourth-order valence-electron chi connectivity index (χ4n) is 3.59. The quantitative estimate of drug-likeness (QED) is 0.520. The van der Waals surface area contributed by atoms with E-state index in [4.69, 9.17) is 0 Å². The lowest BCUT2D eigenvalue weighted by molar-refractivity contribution is -0.384. The van der Waals surface area contributed by atoms with Crippen molar-refractivity contribution < 1.29 is 27.8 Å². The lowest BCUT2D eigenvalue weighted by Crippen LogP contribution is -2.38. The van der Waals surface area contributed by atoms with Crippen LogP contribution in [0.1, 0.15) is 24.0 Å². The van der Waals surface area contributed by atoms with E-state index in [-0.39, 0.29) is 30.4 Å². The zero-order valence-electron chi connectivity index (χ0n) is 16.9. The fourth-order valence-corrected chi connectivity index (χ4v) is 3.59. The number of alkyl halides is 3. The highest BCUT2D eigenvalue weighted by atomic mass is 19.4. The Morgan fingerprint density at radius 2 is 1.72 bits per heavy atom. The van der Waals surface area contributed by atoms with Crippen LogP contribution in [0.4, 0.5) is 35.9 Å². The number of carbonyl (C=O) groups is 1. The summed E-state index contributed by atoms with van der Waals surface area (Å²) >= 11 is 0. The summed E-state index contributed by atoms with van der Waals surface area (Å²) in [6, 6.07) is 6.52. The molecule has 1 aliphatic rings. The molecule has 170 valence electrons. The predicted molar refractivity (Wildman–Crippen MR) is 109 cm³/mol. The van der Waals surface area contributed by atoms with Gasteiger partial charge in [-0.05, 0) is 37.5 Å². The number of amides is 1. The molecule has 0 spiro atoms. The van der Waals surface area contributed by atoms with Crippen LogP contribution in [0.25, 0.3) is 0 Å². The first-order valence-electron chi connectivity index (χ1n) is 9.64. The number of hydrogen-bond donors (Lipinski definition) is 1. The maximum atomic E-state index is 12.9. The summed E-state index contributed by atoms with van der Waals surface area (Å²) in [6.07, 6.45) is -4.06. The second kappa shape index (κ2) is 8.81. The Hall–Kier alpha value is -3.70. The van der Waals surface area contributed by atoms with Crippen molar-refractivity contribution in [1.82, 2.24) is 0 Å². The normalized spacial score (nSPS) is 14.8. The molecule has 1 aliphatic heterocycles. The van der Waals surface area contributed by atoms with E-state index >= 15 is 0 Å². The number of aryl methyl sites for hydroxylation is 1. The molecular weight excluding hydrogens is 433 g/mol. The minimum atomic E-state index is -4.70. The minimum Gasteiger partial charge on any atom is -0.366 e. The van der Waals surface area contributed by atoms with Crippen molar-refractivity contribution in [3.63, 3.8) is 0 Å². The van der Waals surface area contributed by atoms with E-state index in [1.165, 1.54) is 18.2 Å². The van der Waals surface area contributed by atoms with E-state index in [1.54, 1.807) is 11.8 Å². The highest BCUT2D eigenvalue weighted by molar-refractivity contribution is 5.93. The van der Waals surface area contributed by atoms with Crippen molar-refractivity contribution in [2.24, 2.45) is 5.92 Å². The number of nitro groups is 2. The molecule has 1 N–H and O–H groups in total. The Balaban J connectivity index is 1.70. The van der Waals surface area contributed by atoms with Crippen molar-refractivity contribution in [1.29, 1.82) is 0 Å². The lowest BCUT2D eigenvalue weighted by Gasteiger charge is -2.32. The van der Waals surface area contributed by atoms with Gasteiger partial charge in [0.15, 0.2) is 0 Å². The van der Waals surface area contributed by atoms with E-state index in [0.29, 0.717) is 30.2 Å². The van der Waals surface area contributed by atoms with E-state index in [2.05, 4.69) is 5.32 Å². The number of anilines is 2. The number of piperidine rings is 1. The molecule has 1 heterocycles. The summed E-state index contributed by atoms with van der Waals surface area (Å²) in [5.41, 5.74) is -0.858. The summed E-state index contributed by atoms with van der Waals surface area (Å²) in [6.45, 7) is 2.17. The smallest absolute Gasteiger partial charge is 0.366 e. The molecule has 0 aromatic heterocycles. The molecule has 0 atom stereocenters. The maximum Gasteiger partial charge on any atom is 0.416 e. The fraction of sp³-hybridized carbons (Fsp3) is 0.350. The molecule has 0 radical (unpaired) electrons. The number of nitrogens with one attached hydrogen (secondary N) is 1. The van der Waals surface area contributed by atoms with Crippen LogP contribution in [0.2, 0.25) is 0 Å². The molecule has 0 unspecified atom stereocenters. The van der Waals surface area contributed by atoms with Gasteiger partial charge in [-0.2, -0.15) is 13.2 Å². The third-order valence-corrected chi connectivity index (χ3v) is 5.40. The Bertz CT molecular complexity index is 1070. The number of benzene rings is 2. The Kier molecular flexibility index (Phi) is 6.32. The van der Waals surface area contributed by atoms with Gasteiger partial charge < -0.3 is 10.2 Å². The summed E-state index contributed by atoms with van der Waals surface area (Å²) in [7, 11) is 0. The van der Waals surface area contributed by atoms with Gasteiger partial charge in [0, 0.05) is 37.2 Å². The van der Waals surface area contributed by atoms with Crippen molar-refractivity contribution in [3.05, 3.63) is 67.8 Å². The van der Waals surface area contributed by atoms with Crippen LogP contribution in [0, 0.1) is 33.1 Å². The lowest BCUT2D eigenvalue weighted by atomic mass is 9.95. The van der Waals surface area contributed by atoms with Gasteiger partial charge in [0.1, 0.15) is 5.69 Å². The van der Waals surface area contributed by atoms with Crippen molar-refractivity contribution in [2.45, 2.75) is 25.9 Å². The molecule has 0 bridgehead atoms. The second-order valence-electron chi connectivity index (χ2n) is 7.47. The van der Waals surface area contributed by atoms with E-state index in [0.717, 1.165) is 12.1 Å². The number of non-ortho nitro benzene ring substituents is 1. The molecular formula is C20H19F3N4O5. The van der Waals surface area contributed by atoms with E-state index in [9.17, 15) is 38.2 Å². The van der Waals surface area contributed by atoms with Crippen LogP contribution < -0.4 is 10.2 Å².